The quantitative estimate of drug-likeness (QED) is 0.639. The van der Waals surface area contributed by atoms with Crippen molar-refractivity contribution >= 4 is 17.6 Å². The summed E-state index contributed by atoms with van der Waals surface area (Å²) in [6, 6.07) is 7.98. The van der Waals surface area contributed by atoms with Crippen LogP contribution in [-0.4, -0.2) is 16.2 Å². The van der Waals surface area contributed by atoms with Gasteiger partial charge in [0.25, 0.3) is 5.97 Å². The molecule has 0 unspecified atom stereocenters. The van der Waals surface area contributed by atoms with Gasteiger partial charge in [-0.15, -0.1) is 0 Å². The Morgan fingerprint density at radius 1 is 1.27 bits per heavy atom. The molecule has 0 amide bonds. The summed E-state index contributed by atoms with van der Waals surface area (Å²) < 4.78 is 0. The fraction of sp³-hybridized carbons (Fsp3) is 0.0833. The van der Waals surface area contributed by atoms with Crippen molar-refractivity contribution in [1.82, 2.24) is 0 Å². The van der Waals surface area contributed by atoms with E-state index in [1.165, 1.54) is 5.56 Å². The van der Waals surface area contributed by atoms with Crippen molar-refractivity contribution in [2.45, 2.75) is 6.92 Å². The molecule has 0 heterocycles. The van der Waals surface area contributed by atoms with Crippen LogP contribution in [0.25, 0.3) is 11.6 Å². The van der Waals surface area contributed by atoms with Crippen molar-refractivity contribution in [3.05, 3.63) is 47.7 Å². The van der Waals surface area contributed by atoms with E-state index in [1.54, 1.807) is 0 Å². The zero-order chi connectivity index (χ0) is 11.3. The summed E-state index contributed by atoms with van der Waals surface area (Å²) in [6.07, 6.45) is 5.05. The van der Waals surface area contributed by atoms with Crippen LogP contribution in [0.15, 0.2) is 36.6 Å². The molecule has 0 spiro atoms. The minimum Gasteiger partial charge on any atom is -0.515 e. The summed E-state index contributed by atoms with van der Waals surface area (Å²) in [4.78, 5) is 9.00. The van der Waals surface area contributed by atoms with E-state index < -0.39 is 5.97 Å². The predicted octanol–water partition coefficient (Wildman–Crippen LogP) is 2.70. The second-order valence-corrected chi connectivity index (χ2v) is 3.02. The van der Waals surface area contributed by atoms with E-state index >= 15 is 0 Å². The molecule has 15 heavy (non-hydrogen) atoms. The average molecular weight is 204 g/mol. The third-order valence-electron chi connectivity index (χ3n) is 1.85. The Labute approximate surface area is 88.0 Å². The Morgan fingerprint density at radius 2 is 1.87 bits per heavy atom. The highest BCUT2D eigenvalue weighted by Gasteiger charge is 2.07. The third-order valence-corrected chi connectivity index (χ3v) is 1.85. The number of rotatable bonds is 0. The number of fused-ring (bicyclic) bond motifs is 1. The highest BCUT2D eigenvalue weighted by molar-refractivity contribution is 5.89. The maximum absolute atomic E-state index is 9.00. The van der Waals surface area contributed by atoms with Crippen molar-refractivity contribution in [2.24, 2.45) is 0 Å². The standard InChI is InChI=1S/C10H8O.C2H4O2/c11-7-9-6-5-8-3-1-2-4-10(8)9;1-2(3)4/h1-7,11H;1H3,(H,3,4). The van der Waals surface area contributed by atoms with Gasteiger partial charge in [0.15, 0.2) is 0 Å². The maximum Gasteiger partial charge on any atom is 0.300 e. The topological polar surface area (TPSA) is 57.5 Å². The van der Waals surface area contributed by atoms with Crippen molar-refractivity contribution in [2.75, 3.05) is 0 Å². The van der Waals surface area contributed by atoms with Crippen LogP contribution in [0.4, 0.5) is 0 Å². The number of aliphatic hydroxyl groups excluding tert-OH is 1. The molecule has 0 aliphatic heterocycles. The van der Waals surface area contributed by atoms with Crippen LogP contribution in [0.5, 0.6) is 0 Å². The molecular formula is C12H12O3. The Hall–Kier alpha value is -2.03. The molecule has 78 valence electrons. The number of allylic oxidation sites excluding steroid dienone is 2. The first-order valence-electron chi connectivity index (χ1n) is 4.46. The van der Waals surface area contributed by atoms with Crippen molar-refractivity contribution in [3.8, 4) is 0 Å². The first-order valence-corrected chi connectivity index (χ1v) is 4.46. The molecule has 0 bridgehead atoms. The maximum atomic E-state index is 9.00. The minimum atomic E-state index is -0.833. The van der Waals surface area contributed by atoms with Crippen molar-refractivity contribution in [1.29, 1.82) is 0 Å². The highest BCUT2D eigenvalue weighted by atomic mass is 16.4. The van der Waals surface area contributed by atoms with Gasteiger partial charge < -0.3 is 10.2 Å². The second kappa shape index (κ2) is 5.00. The summed E-state index contributed by atoms with van der Waals surface area (Å²) in [5, 5.41) is 16.2. The van der Waals surface area contributed by atoms with Crippen LogP contribution in [0.3, 0.4) is 0 Å². The molecule has 0 atom stereocenters. The van der Waals surface area contributed by atoms with E-state index in [1.807, 2.05) is 36.4 Å². The van der Waals surface area contributed by atoms with Crippen LogP contribution in [0.2, 0.25) is 0 Å². The molecular weight excluding hydrogens is 192 g/mol. The van der Waals surface area contributed by atoms with Gasteiger partial charge in [-0.25, -0.2) is 0 Å². The number of carboxylic acid groups (broad SMARTS) is 1. The number of carbonyl (C=O) groups is 1. The molecule has 3 nitrogen and oxygen atoms in total. The summed E-state index contributed by atoms with van der Waals surface area (Å²) in [6.45, 7) is 1.08. The summed E-state index contributed by atoms with van der Waals surface area (Å²) in [5.74, 6) is -0.833. The monoisotopic (exact) mass is 204 g/mol. The van der Waals surface area contributed by atoms with Gasteiger partial charge in [-0.3, -0.25) is 4.79 Å². The largest absolute Gasteiger partial charge is 0.515 e. The Kier molecular flexibility index (Phi) is 3.68. The van der Waals surface area contributed by atoms with Gasteiger partial charge in [-0.1, -0.05) is 36.4 Å². The lowest BCUT2D eigenvalue weighted by atomic mass is 10.1. The Balaban J connectivity index is 0.000000245. The molecule has 1 aliphatic carbocycles. The van der Waals surface area contributed by atoms with Crippen molar-refractivity contribution < 1.29 is 15.0 Å². The van der Waals surface area contributed by atoms with E-state index in [0.29, 0.717) is 0 Å². The van der Waals surface area contributed by atoms with Crippen LogP contribution in [0.1, 0.15) is 18.1 Å². The average Bonchev–Trinajstić information content (AvgIpc) is 2.59. The Morgan fingerprint density at radius 3 is 2.47 bits per heavy atom. The summed E-state index contributed by atoms with van der Waals surface area (Å²) in [5.41, 5.74) is 3.17. The fourth-order valence-corrected chi connectivity index (χ4v) is 1.29. The number of hydrogen-bond donors (Lipinski definition) is 2. The third kappa shape index (κ3) is 2.98. The zero-order valence-corrected chi connectivity index (χ0v) is 8.34. The SMILES string of the molecule is CC(=O)O.OC=C1C=Cc2ccccc21. The normalized spacial score (nSPS) is 14.3. The lowest BCUT2D eigenvalue weighted by Gasteiger charge is -1.96. The first-order chi connectivity index (χ1) is 7.15. The zero-order valence-electron chi connectivity index (χ0n) is 8.34. The summed E-state index contributed by atoms with van der Waals surface area (Å²) >= 11 is 0. The van der Waals surface area contributed by atoms with Gasteiger partial charge >= 0.3 is 0 Å². The second-order valence-electron chi connectivity index (χ2n) is 3.02. The van der Waals surface area contributed by atoms with Gasteiger partial charge in [0.2, 0.25) is 0 Å². The summed E-state index contributed by atoms with van der Waals surface area (Å²) in [7, 11) is 0. The number of aliphatic carboxylic acids is 1. The predicted molar refractivity (Wildman–Crippen MR) is 59.4 cm³/mol. The van der Waals surface area contributed by atoms with Crippen LogP contribution >= 0.6 is 0 Å². The van der Waals surface area contributed by atoms with Gasteiger partial charge in [-0.2, -0.15) is 0 Å². The lowest BCUT2D eigenvalue weighted by Crippen LogP contribution is -1.78. The first kappa shape index (κ1) is 11.0. The van der Waals surface area contributed by atoms with Crippen LogP contribution < -0.4 is 0 Å². The lowest BCUT2D eigenvalue weighted by molar-refractivity contribution is -0.134. The minimum absolute atomic E-state index is 0.833. The molecule has 0 fully saturated rings. The van der Waals surface area contributed by atoms with E-state index in [2.05, 4.69) is 0 Å². The fourth-order valence-electron chi connectivity index (χ4n) is 1.29. The number of carboxylic acids is 1. The molecule has 2 N–H and O–H groups in total. The van der Waals surface area contributed by atoms with Gasteiger partial charge in [0.05, 0.1) is 6.26 Å². The molecule has 0 saturated carbocycles. The van der Waals surface area contributed by atoms with Gasteiger partial charge in [-0.05, 0) is 11.1 Å². The van der Waals surface area contributed by atoms with E-state index in [0.717, 1.165) is 24.3 Å². The number of aliphatic hydroxyl groups is 1. The molecule has 1 aromatic carbocycles. The molecule has 2 rings (SSSR count). The molecule has 1 aromatic rings. The Bertz CT molecular complexity index is 413. The van der Waals surface area contributed by atoms with E-state index in [4.69, 9.17) is 15.0 Å². The van der Waals surface area contributed by atoms with Crippen molar-refractivity contribution in [3.63, 3.8) is 0 Å². The number of benzene rings is 1. The number of hydrogen-bond acceptors (Lipinski definition) is 2. The van der Waals surface area contributed by atoms with E-state index in [-0.39, 0.29) is 0 Å². The molecule has 3 heteroatoms. The van der Waals surface area contributed by atoms with Crippen LogP contribution in [0, 0.1) is 0 Å². The van der Waals surface area contributed by atoms with Gasteiger partial charge in [0, 0.05) is 12.5 Å². The van der Waals surface area contributed by atoms with E-state index in [9.17, 15) is 0 Å². The molecule has 0 saturated heterocycles. The van der Waals surface area contributed by atoms with Gasteiger partial charge in [0.1, 0.15) is 0 Å². The molecule has 0 radical (unpaired) electrons. The van der Waals surface area contributed by atoms with Crippen LogP contribution in [-0.2, 0) is 4.79 Å². The smallest absolute Gasteiger partial charge is 0.300 e. The molecule has 0 aromatic heterocycles. The highest BCUT2D eigenvalue weighted by Crippen LogP contribution is 2.27. The molecule has 1 aliphatic rings.